The van der Waals surface area contributed by atoms with Gasteiger partial charge in [0.2, 0.25) is 5.91 Å². The summed E-state index contributed by atoms with van der Waals surface area (Å²) in [5.41, 5.74) is 0.982. The maximum absolute atomic E-state index is 12.1. The highest BCUT2D eigenvalue weighted by Crippen LogP contribution is 2.21. The van der Waals surface area contributed by atoms with E-state index in [0.717, 1.165) is 17.1 Å². The molecule has 0 aliphatic heterocycles. The fraction of sp³-hybridized carbons (Fsp3) is 0.263. The molecule has 0 atom stereocenters. The summed E-state index contributed by atoms with van der Waals surface area (Å²) in [5.74, 6) is 1.36. The Hall–Kier alpha value is -3.02. The maximum Gasteiger partial charge on any atom is 0.317 e. The monoisotopic (exact) mass is 341 g/mol. The number of ether oxygens (including phenoxy) is 1. The Balaban J connectivity index is 1.85. The van der Waals surface area contributed by atoms with Crippen LogP contribution in [0.25, 0.3) is 0 Å². The summed E-state index contributed by atoms with van der Waals surface area (Å²) in [6, 6.07) is 16.8. The molecule has 0 unspecified atom stereocenters. The van der Waals surface area contributed by atoms with E-state index in [0.29, 0.717) is 6.54 Å². The zero-order valence-electron chi connectivity index (χ0n) is 14.7. The Labute approximate surface area is 148 Å². The Kier molecular flexibility index (Phi) is 6.39. The van der Waals surface area contributed by atoms with E-state index in [1.165, 1.54) is 4.90 Å². The molecule has 0 saturated carbocycles. The van der Waals surface area contributed by atoms with Crippen LogP contribution < -0.4 is 10.1 Å². The molecule has 2 rings (SSSR count). The predicted octanol–water partition coefficient (Wildman–Crippen LogP) is 2.71. The zero-order valence-corrected chi connectivity index (χ0v) is 14.7. The van der Waals surface area contributed by atoms with Crippen molar-refractivity contribution in [3.05, 3.63) is 60.2 Å². The lowest BCUT2D eigenvalue weighted by atomic mass is 10.2. The molecule has 2 aromatic carbocycles. The van der Waals surface area contributed by atoms with Crippen molar-refractivity contribution in [2.45, 2.75) is 6.54 Å². The molecule has 25 heavy (non-hydrogen) atoms. The van der Waals surface area contributed by atoms with Gasteiger partial charge in [0, 0.05) is 27.7 Å². The van der Waals surface area contributed by atoms with Gasteiger partial charge in [0.25, 0.3) is 0 Å². The molecule has 0 bridgehead atoms. The summed E-state index contributed by atoms with van der Waals surface area (Å²) in [4.78, 5) is 26.5. The van der Waals surface area contributed by atoms with E-state index in [4.69, 9.17) is 4.74 Å². The Morgan fingerprint density at radius 3 is 2.12 bits per heavy atom. The standard InChI is InChI=1S/C19H23N3O3/c1-21(2)19(24)20-13-18(23)22(3)14-15-9-11-17(12-10-15)25-16-7-5-4-6-8-16/h4-12H,13-14H2,1-3H3,(H,20,24). The second-order valence-corrected chi connectivity index (χ2v) is 5.86. The molecule has 6 nitrogen and oxygen atoms in total. The van der Waals surface area contributed by atoms with Gasteiger partial charge in [-0.2, -0.15) is 0 Å². The molecule has 0 aliphatic carbocycles. The minimum Gasteiger partial charge on any atom is -0.457 e. The van der Waals surface area contributed by atoms with E-state index in [1.54, 1.807) is 26.0 Å². The van der Waals surface area contributed by atoms with Crippen molar-refractivity contribution in [2.24, 2.45) is 0 Å². The lowest BCUT2D eigenvalue weighted by Crippen LogP contribution is -2.41. The molecule has 0 saturated heterocycles. The molecule has 3 amide bonds. The normalized spacial score (nSPS) is 10.0. The van der Waals surface area contributed by atoms with Gasteiger partial charge < -0.3 is 19.9 Å². The van der Waals surface area contributed by atoms with Crippen LogP contribution >= 0.6 is 0 Å². The summed E-state index contributed by atoms with van der Waals surface area (Å²) >= 11 is 0. The number of benzene rings is 2. The molecular weight excluding hydrogens is 318 g/mol. The Morgan fingerprint density at radius 2 is 1.52 bits per heavy atom. The number of amides is 3. The summed E-state index contributed by atoms with van der Waals surface area (Å²) < 4.78 is 5.74. The molecule has 0 spiro atoms. The lowest BCUT2D eigenvalue weighted by Gasteiger charge is -2.19. The van der Waals surface area contributed by atoms with Crippen LogP contribution in [0.1, 0.15) is 5.56 Å². The second kappa shape index (κ2) is 8.73. The van der Waals surface area contributed by atoms with Crippen molar-refractivity contribution in [2.75, 3.05) is 27.7 Å². The topological polar surface area (TPSA) is 61.9 Å². The zero-order chi connectivity index (χ0) is 18.2. The van der Waals surface area contributed by atoms with Crippen LogP contribution in [0, 0.1) is 0 Å². The van der Waals surface area contributed by atoms with Crippen LogP contribution in [0.3, 0.4) is 0 Å². The number of nitrogens with zero attached hydrogens (tertiary/aromatic N) is 2. The van der Waals surface area contributed by atoms with E-state index in [2.05, 4.69) is 5.32 Å². The van der Waals surface area contributed by atoms with E-state index in [9.17, 15) is 9.59 Å². The van der Waals surface area contributed by atoms with Crippen LogP contribution in [0.15, 0.2) is 54.6 Å². The number of likely N-dealkylation sites (N-methyl/N-ethyl adjacent to an activating group) is 1. The van der Waals surface area contributed by atoms with Crippen molar-refractivity contribution < 1.29 is 14.3 Å². The number of hydrogen-bond acceptors (Lipinski definition) is 3. The van der Waals surface area contributed by atoms with Crippen molar-refractivity contribution in [3.63, 3.8) is 0 Å². The summed E-state index contributed by atoms with van der Waals surface area (Å²) in [7, 11) is 4.96. The number of carbonyl (C=O) groups excluding carboxylic acids is 2. The van der Waals surface area contributed by atoms with Gasteiger partial charge in [-0.1, -0.05) is 30.3 Å². The molecule has 0 radical (unpaired) electrons. The van der Waals surface area contributed by atoms with Crippen LogP contribution in [-0.4, -0.2) is 49.4 Å². The quantitative estimate of drug-likeness (QED) is 0.879. The Bertz CT molecular complexity index is 700. The summed E-state index contributed by atoms with van der Waals surface area (Å²) in [6.07, 6.45) is 0. The predicted molar refractivity (Wildman–Crippen MR) is 96.5 cm³/mol. The second-order valence-electron chi connectivity index (χ2n) is 5.86. The lowest BCUT2D eigenvalue weighted by molar-refractivity contribution is -0.129. The highest BCUT2D eigenvalue weighted by molar-refractivity contribution is 5.83. The molecule has 6 heteroatoms. The maximum atomic E-state index is 12.1. The number of hydrogen-bond donors (Lipinski definition) is 1. The van der Waals surface area contributed by atoms with Crippen LogP contribution in [0.5, 0.6) is 11.5 Å². The van der Waals surface area contributed by atoms with Crippen LogP contribution in [0.2, 0.25) is 0 Å². The number of urea groups is 1. The fourth-order valence-electron chi connectivity index (χ4n) is 2.09. The third-order valence-electron chi connectivity index (χ3n) is 3.54. The highest BCUT2D eigenvalue weighted by Gasteiger charge is 2.11. The molecule has 0 heterocycles. The highest BCUT2D eigenvalue weighted by atomic mass is 16.5. The van der Waals surface area contributed by atoms with Crippen LogP contribution in [-0.2, 0) is 11.3 Å². The summed E-state index contributed by atoms with van der Waals surface area (Å²) in [5, 5.41) is 2.56. The minimum atomic E-state index is -0.288. The average Bonchev–Trinajstić information content (AvgIpc) is 2.61. The first-order valence-corrected chi connectivity index (χ1v) is 7.96. The van der Waals surface area contributed by atoms with Gasteiger partial charge in [0.05, 0.1) is 6.54 Å². The third-order valence-corrected chi connectivity index (χ3v) is 3.54. The van der Waals surface area contributed by atoms with Crippen molar-refractivity contribution in [3.8, 4) is 11.5 Å². The van der Waals surface area contributed by atoms with E-state index >= 15 is 0 Å². The van der Waals surface area contributed by atoms with Crippen molar-refractivity contribution in [1.29, 1.82) is 0 Å². The van der Waals surface area contributed by atoms with Crippen molar-refractivity contribution >= 4 is 11.9 Å². The molecule has 0 aromatic heterocycles. The van der Waals surface area contributed by atoms with Gasteiger partial charge in [-0.15, -0.1) is 0 Å². The smallest absolute Gasteiger partial charge is 0.317 e. The number of carbonyl (C=O) groups is 2. The van der Waals surface area contributed by atoms with Gasteiger partial charge >= 0.3 is 6.03 Å². The molecule has 0 aliphatic rings. The first kappa shape index (κ1) is 18.3. The van der Waals surface area contributed by atoms with Crippen LogP contribution in [0.4, 0.5) is 4.79 Å². The average molecular weight is 341 g/mol. The molecule has 0 fully saturated rings. The number of para-hydroxylation sites is 1. The van der Waals surface area contributed by atoms with Gasteiger partial charge in [-0.3, -0.25) is 4.79 Å². The fourth-order valence-corrected chi connectivity index (χ4v) is 2.09. The minimum absolute atomic E-state index is 0.0251. The van der Waals surface area contributed by atoms with Gasteiger partial charge in [0.15, 0.2) is 0 Å². The van der Waals surface area contributed by atoms with E-state index < -0.39 is 0 Å². The number of nitrogens with one attached hydrogen (secondary N) is 1. The molecule has 132 valence electrons. The van der Waals surface area contributed by atoms with E-state index in [1.807, 2.05) is 54.6 Å². The van der Waals surface area contributed by atoms with Gasteiger partial charge in [-0.05, 0) is 29.8 Å². The van der Waals surface area contributed by atoms with E-state index in [-0.39, 0.29) is 18.5 Å². The largest absolute Gasteiger partial charge is 0.457 e. The van der Waals surface area contributed by atoms with Gasteiger partial charge in [0.1, 0.15) is 11.5 Å². The number of rotatable bonds is 6. The van der Waals surface area contributed by atoms with Gasteiger partial charge in [-0.25, -0.2) is 4.79 Å². The first-order valence-electron chi connectivity index (χ1n) is 7.96. The first-order chi connectivity index (χ1) is 12.0. The molecule has 1 N–H and O–H groups in total. The summed E-state index contributed by atoms with van der Waals surface area (Å²) in [6.45, 7) is 0.436. The Morgan fingerprint density at radius 1 is 0.920 bits per heavy atom. The molecule has 2 aromatic rings. The third kappa shape index (κ3) is 5.84. The molecular formula is C19H23N3O3. The van der Waals surface area contributed by atoms with Crippen molar-refractivity contribution in [1.82, 2.24) is 15.1 Å². The SMILES string of the molecule is CN(C)C(=O)NCC(=O)N(C)Cc1ccc(Oc2ccccc2)cc1.